The summed E-state index contributed by atoms with van der Waals surface area (Å²) in [5.74, 6) is 0.980. The second-order valence-electron chi connectivity index (χ2n) is 6.88. The van der Waals surface area contributed by atoms with Gasteiger partial charge in [0.15, 0.2) is 5.96 Å². The van der Waals surface area contributed by atoms with Gasteiger partial charge < -0.3 is 19.7 Å². The third kappa shape index (κ3) is 4.54. The molecule has 0 unspecified atom stereocenters. The number of aliphatic imine (C=N–C) groups is 1. The van der Waals surface area contributed by atoms with Gasteiger partial charge in [0.25, 0.3) is 0 Å². The molecule has 3 aromatic rings. The Morgan fingerprint density at radius 3 is 2.54 bits per heavy atom. The van der Waals surface area contributed by atoms with Crippen molar-refractivity contribution in [2.75, 3.05) is 38.1 Å². The average Bonchev–Trinajstić information content (AvgIpc) is 3.44. The molecule has 1 aromatic carbocycles. The number of imidazole rings is 1. The zero-order valence-electron chi connectivity index (χ0n) is 16.2. The van der Waals surface area contributed by atoms with Crippen molar-refractivity contribution in [2.45, 2.75) is 13.1 Å². The summed E-state index contributed by atoms with van der Waals surface area (Å²) >= 11 is 1.81. The molecule has 1 N–H and O–H groups in total. The SMILES string of the molecule is CN=C(NCc1ccc(Cn2ccnc2)cc1)N1CCN(c2cccs2)CC1. The fraction of sp³-hybridized carbons (Fsp3) is 0.333. The number of aromatic nitrogens is 2. The molecule has 0 radical (unpaired) electrons. The average molecular weight is 395 g/mol. The van der Waals surface area contributed by atoms with Gasteiger partial charge in [-0.05, 0) is 28.6 Å². The smallest absolute Gasteiger partial charge is 0.194 e. The lowest BCUT2D eigenvalue weighted by atomic mass is 10.1. The van der Waals surface area contributed by atoms with Crippen molar-refractivity contribution < 1.29 is 0 Å². The molecule has 1 aliphatic rings. The van der Waals surface area contributed by atoms with E-state index in [9.17, 15) is 0 Å². The van der Waals surface area contributed by atoms with E-state index >= 15 is 0 Å². The van der Waals surface area contributed by atoms with Crippen LogP contribution in [0.3, 0.4) is 0 Å². The van der Waals surface area contributed by atoms with Crippen molar-refractivity contribution in [1.82, 2.24) is 19.8 Å². The lowest BCUT2D eigenvalue weighted by Gasteiger charge is -2.37. The normalized spacial score (nSPS) is 15.1. The van der Waals surface area contributed by atoms with Gasteiger partial charge in [-0.15, -0.1) is 11.3 Å². The Kier molecular flexibility index (Phi) is 5.92. The van der Waals surface area contributed by atoms with Crippen LogP contribution in [0, 0.1) is 0 Å². The zero-order valence-corrected chi connectivity index (χ0v) is 17.0. The highest BCUT2D eigenvalue weighted by Gasteiger charge is 2.20. The predicted molar refractivity (Wildman–Crippen MR) is 116 cm³/mol. The standard InChI is InChI=1S/C21H26N6S/c1-22-21(27-12-10-26(11-13-27)20-3-2-14-28-20)24-15-18-4-6-19(7-5-18)16-25-9-8-23-17-25/h2-9,14,17H,10-13,15-16H2,1H3,(H,22,24). The summed E-state index contributed by atoms with van der Waals surface area (Å²) in [6.07, 6.45) is 5.64. The number of piperazine rings is 1. The molecule has 1 fully saturated rings. The molecule has 0 bridgehead atoms. The van der Waals surface area contributed by atoms with Crippen LogP contribution in [0.25, 0.3) is 0 Å². The first-order valence-corrected chi connectivity index (χ1v) is 10.5. The maximum atomic E-state index is 4.49. The van der Waals surface area contributed by atoms with Gasteiger partial charge in [0.2, 0.25) is 0 Å². The summed E-state index contributed by atoms with van der Waals surface area (Å²) in [5.41, 5.74) is 2.53. The highest BCUT2D eigenvalue weighted by atomic mass is 32.1. The van der Waals surface area contributed by atoms with Crippen LogP contribution in [-0.2, 0) is 13.1 Å². The van der Waals surface area contributed by atoms with Gasteiger partial charge in [-0.25, -0.2) is 4.98 Å². The van der Waals surface area contributed by atoms with Gasteiger partial charge in [-0.1, -0.05) is 24.3 Å². The van der Waals surface area contributed by atoms with Gasteiger partial charge in [0, 0.05) is 58.7 Å². The Bertz CT molecular complexity index is 862. The van der Waals surface area contributed by atoms with Crippen LogP contribution in [0.5, 0.6) is 0 Å². The molecule has 0 atom stereocenters. The Morgan fingerprint density at radius 2 is 1.89 bits per heavy atom. The largest absolute Gasteiger partial charge is 0.360 e. The van der Waals surface area contributed by atoms with Crippen LogP contribution < -0.4 is 10.2 Å². The van der Waals surface area contributed by atoms with Gasteiger partial charge in [-0.2, -0.15) is 0 Å². The van der Waals surface area contributed by atoms with Crippen LogP contribution in [0.2, 0.25) is 0 Å². The lowest BCUT2D eigenvalue weighted by molar-refractivity contribution is 0.373. The molecule has 0 amide bonds. The molecule has 2 aromatic heterocycles. The molecule has 6 nitrogen and oxygen atoms in total. The third-order valence-electron chi connectivity index (χ3n) is 5.01. The molecule has 1 aliphatic heterocycles. The van der Waals surface area contributed by atoms with Crippen molar-refractivity contribution in [3.05, 3.63) is 71.6 Å². The second kappa shape index (κ2) is 8.93. The monoisotopic (exact) mass is 394 g/mol. The topological polar surface area (TPSA) is 48.7 Å². The van der Waals surface area contributed by atoms with Gasteiger partial charge in [0.1, 0.15) is 0 Å². The first-order valence-electron chi connectivity index (χ1n) is 9.59. The molecule has 4 rings (SSSR count). The maximum absolute atomic E-state index is 4.49. The third-order valence-corrected chi connectivity index (χ3v) is 5.94. The number of benzene rings is 1. The highest BCUT2D eigenvalue weighted by molar-refractivity contribution is 7.14. The van der Waals surface area contributed by atoms with Crippen molar-refractivity contribution >= 4 is 22.3 Å². The maximum Gasteiger partial charge on any atom is 0.194 e. The minimum absolute atomic E-state index is 0.781. The zero-order chi connectivity index (χ0) is 19.2. The molecule has 3 heterocycles. The fourth-order valence-electron chi connectivity index (χ4n) is 3.46. The number of guanidine groups is 1. The van der Waals surface area contributed by atoms with Gasteiger partial charge >= 0.3 is 0 Å². The highest BCUT2D eigenvalue weighted by Crippen LogP contribution is 2.22. The van der Waals surface area contributed by atoms with E-state index in [2.05, 4.69) is 71.4 Å². The summed E-state index contributed by atoms with van der Waals surface area (Å²) in [6.45, 7) is 5.67. The molecular formula is C21H26N6S. The number of hydrogen-bond acceptors (Lipinski definition) is 4. The van der Waals surface area contributed by atoms with Crippen LogP contribution in [0.15, 0.2) is 65.5 Å². The lowest BCUT2D eigenvalue weighted by Crippen LogP contribution is -2.52. The predicted octanol–water partition coefficient (Wildman–Crippen LogP) is 2.89. The second-order valence-corrected chi connectivity index (χ2v) is 7.80. The summed E-state index contributed by atoms with van der Waals surface area (Å²) < 4.78 is 2.07. The van der Waals surface area contributed by atoms with Gasteiger partial charge in [-0.3, -0.25) is 4.99 Å². The summed E-state index contributed by atoms with van der Waals surface area (Å²) in [7, 11) is 1.86. The number of rotatable bonds is 5. The first kappa shape index (κ1) is 18.6. The van der Waals surface area contributed by atoms with E-state index in [1.807, 2.05) is 37.1 Å². The molecule has 28 heavy (non-hydrogen) atoms. The molecule has 0 aliphatic carbocycles. The van der Waals surface area contributed by atoms with E-state index in [-0.39, 0.29) is 0 Å². The van der Waals surface area contributed by atoms with Crippen LogP contribution in [0.1, 0.15) is 11.1 Å². The minimum Gasteiger partial charge on any atom is -0.360 e. The number of hydrogen-bond donors (Lipinski definition) is 1. The molecule has 7 heteroatoms. The van der Waals surface area contributed by atoms with Crippen molar-refractivity contribution in [2.24, 2.45) is 4.99 Å². The van der Waals surface area contributed by atoms with Gasteiger partial charge in [0.05, 0.1) is 11.3 Å². The van der Waals surface area contributed by atoms with Crippen molar-refractivity contribution in [1.29, 1.82) is 0 Å². The molecule has 0 saturated carbocycles. The number of nitrogens with zero attached hydrogens (tertiary/aromatic N) is 5. The fourth-order valence-corrected chi connectivity index (χ4v) is 4.24. The van der Waals surface area contributed by atoms with E-state index < -0.39 is 0 Å². The Morgan fingerprint density at radius 1 is 1.11 bits per heavy atom. The van der Waals surface area contributed by atoms with Crippen molar-refractivity contribution in [3.63, 3.8) is 0 Å². The molecular weight excluding hydrogens is 368 g/mol. The number of thiophene rings is 1. The first-order chi connectivity index (χ1) is 13.8. The van der Waals surface area contributed by atoms with E-state index in [0.717, 1.165) is 45.2 Å². The quantitative estimate of drug-likeness (QED) is 0.534. The Labute approximate surface area is 170 Å². The Hall–Kier alpha value is -2.80. The molecule has 0 spiro atoms. The van der Waals surface area contributed by atoms with Crippen molar-refractivity contribution in [3.8, 4) is 0 Å². The van der Waals surface area contributed by atoms with E-state index in [1.54, 1.807) is 0 Å². The summed E-state index contributed by atoms with van der Waals surface area (Å²) in [4.78, 5) is 13.4. The minimum atomic E-state index is 0.781. The summed E-state index contributed by atoms with van der Waals surface area (Å²) in [5, 5.41) is 7.02. The molecule has 146 valence electrons. The van der Waals surface area contributed by atoms with Crippen LogP contribution in [-0.4, -0.2) is 53.6 Å². The number of nitrogens with one attached hydrogen (secondary N) is 1. The van der Waals surface area contributed by atoms with Crippen LogP contribution in [0.4, 0.5) is 5.00 Å². The summed E-state index contributed by atoms with van der Waals surface area (Å²) in [6, 6.07) is 13.0. The number of anilines is 1. The van der Waals surface area contributed by atoms with E-state index in [1.165, 1.54) is 16.1 Å². The van der Waals surface area contributed by atoms with E-state index in [4.69, 9.17) is 0 Å². The van der Waals surface area contributed by atoms with E-state index in [0.29, 0.717) is 0 Å². The Balaban J connectivity index is 1.27. The van der Waals surface area contributed by atoms with Crippen LogP contribution >= 0.6 is 11.3 Å². The molecule has 1 saturated heterocycles.